The quantitative estimate of drug-likeness (QED) is 0.487. The van der Waals surface area contributed by atoms with Gasteiger partial charge in [-0.3, -0.25) is 4.79 Å². The van der Waals surface area contributed by atoms with Crippen molar-refractivity contribution in [2.24, 2.45) is 5.92 Å². The van der Waals surface area contributed by atoms with Gasteiger partial charge in [0.2, 0.25) is 0 Å². The summed E-state index contributed by atoms with van der Waals surface area (Å²) in [4.78, 5) is 22.9. The number of alkyl halides is 1. The Kier molecular flexibility index (Phi) is 4.68. The molecule has 0 bridgehead atoms. The second-order valence-electron chi connectivity index (χ2n) is 3.65. The summed E-state index contributed by atoms with van der Waals surface area (Å²) in [7, 11) is 0. The van der Waals surface area contributed by atoms with Gasteiger partial charge in [0.25, 0.3) is 0 Å². The molecule has 0 saturated heterocycles. The maximum atomic E-state index is 11.7. The summed E-state index contributed by atoms with van der Waals surface area (Å²) >= 11 is 3.28. The summed E-state index contributed by atoms with van der Waals surface area (Å²) in [5.74, 6) is -1.40. The first-order valence-electron chi connectivity index (χ1n) is 4.96. The minimum atomic E-state index is -0.589. The average molecular weight is 285 g/mol. The number of hydrogen-bond donors (Lipinski definition) is 0. The highest BCUT2D eigenvalue weighted by Gasteiger charge is 2.17. The van der Waals surface area contributed by atoms with E-state index < -0.39 is 11.9 Å². The molecule has 0 amide bonds. The van der Waals surface area contributed by atoms with Crippen LogP contribution in [0.5, 0.6) is 0 Å². The van der Waals surface area contributed by atoms with Gasteiger partial charge in [-0.15, -0.1) is 0 Å². The predicted molar refractivity (Wildman–Crippen MR) is 64.3 cm³/mol. The highest BCUT2D eigenvalue weighted by atomic mass is 79.9. The largest absolute Gasteiger partial charge is 0.389 e. The van der Waals surface area contributed by atoms with Gasteiger partial charge >= 0.3 is 11.9 Å². The Morgan fingerprint density at radius 1 is 1.31 bits per heavy atom. The van der Waals surface area contributed by atoms with Crippen LogP contribution < -0.4 is 0 Å². The van der Waals surface area contributed by atoms with Gasteiger partial charge in [0.15, 0.2) is 0 Å². The Bertz CT molecular complexity index is 399. The average Bonchev–Trinajstić information content (AvgIpc) is 2.28. The molecule has 3 nitrogen and oxygen atoms in total. The number of halogens is 1. The summed E-state index contributed by atoms with van der Waals surface area (Å²) in [6, 6.07) is 7.03. The number of carbonyl (C=O) groups excluding carboxylic acids is 2. The Morgan fingerprint density at radius 3 is 2.50 bits per heavy atom. The summed E-state index contributed by atoms with van der Waals surface area (Å²) in [5.41, 5.74) is 1.23. The van der Waals surface area contributed by atoms with Crippen LogP contribution in [-0.2, 0) is 14.9 Å². The van der Waals surface area contributed by atoms with Crippen molar-refractivity contribution < 1.29 is 14.3 Å². The molecule has 0 unspecified atom stereocenters. The van der Waals surface area contributed by atoms with E-state index in [0.717, 1.165) is 5.56 Å². The topological polar surface area (TPSA) is 43.4 Å². The monoisotopic (exact) mass is 284 g/mol. The molecular formula is C12H13BrO3. The van der Waals surface area contributed by atoms with E-state index in [0.29, 0.717) is 10.9 Å². The molecule has 0 radical (unpaired) electrons. The van der Waals surface area contributed by atoms with Crippen molar-refractivity contribution in [1.82, 2.24) is 0 Å². The zero-order chi connectivity index (χ0) is 12.1. The molecule has 16 heavy (non-hydrogen) atoms. The number of esters is 2. The summed E-state index contributed by atoms with van der Waals surface area (Å²) in [6.07, 6.45) is 0. The Morgan fingerprint density at radius 2 is 1.94 bits per heavy atom. The smallest absolute Gasteiger partial charge is 0.346 e. The van der Waals surface area contributed by atoms with Gasteiger partial charge in [-0.05, 0) is 11.6 Å². The number of rotatable bonds is 3. The fraction of sp³-hybridized carbons (Fsp3) is 0.333. The van der Waals surface area contributed by atoms with E-state index in [9.17, 15) is 9.59 Å². The first kappa shape index (κ1) is 12.9. The van der Waals surface area contributed by atoms with Crippen LogP contribution in [0.15, 0.2) is 24.3 Å². The standard InChI is InChI=1S/C12H13BrO3/c1-8(2)11(14)16-12(15)10-6-4-3-5-9(10)7-13/h3-6,8H,7H2,1-2H3. The highest BCUT2D eigenvalue weighted by molar-refractivity contribution is 9.08. The number of ether oxygens (including phenoxy) is 1. The molecule has 0 aliphatic heterocycles. The zero-order valence-corrected chi connectivity index (χ0v) is 10.8. The normalized spacial score (nSPS) is 10.2. The third kappa shape index (κ3) is 3.17. The SMILES string of the molecule is CC(C)C(=O)OC(=O)c1ccccc1CBr. The van der Waals surface area contributed by atoms with Gasteiger partial charge in [-0.2, -0.15) is 0 Å². The summed E-state index contributed by atoms with van der Waals surface area (Å²) in [6.45, 7) is 3.37. The number of benzene rings is 1. The minimum absolute atomic E-state index is 0.305. The molecule has 0 atom stereocenters. The second kappa shape index (κ2) is 5.80. The zero-order valence-electron chi connectivity index (χ0n) is 9.20. The highest BCUT2D eigenvalue weighted by Crippen LogP contribution is 2.14. The van der Waals surface area contributed by atoms with Crippen molar-refractivity contribution in [3.8, 4) is 0 Å². The van der Waals surface area contributed by atoms with Crippen molar-refractivity contribution in [3.05, 3.63) is 35.4 Å². The molecule has 0 N–H and O–H groups in total. The molecule has 0 aliphatic carbocycles. The maximum Gasteiger partial charge on any atom is 0.346 e. The Labute approximate surface area is 103 Å². The first-order valence-corrected chi connectivity index (χ1v) is 6.08. The number of carbonyl (C=O) groups is 2. The lowest BCUT2D eigenvalue weighted by molar-refractivity contribution is -0.141. The predicted octanol–water partition coefficient (Wildman–Crippen LogP) is 2.92. The molecule has 1 aromatic rings. The Balaban J connectivity index is 2.84. The van der Waals surface area contributed by atoms with E-state index >= 15 is 0 Å². The van der Waals surface area contributed by atoms with Crippen molar-refractivity contribution in [2.45, 2.75) is 19.2 Å². The molecular weight excluding hydrogens is 272 g/mol. The molecule has 0 aromatic heterocycles. The van der Waals surface area contributed by atoms with Gasteiger partial charge in [0.1, 0.15) is 0 Å². The van der Waals surface area contributed by atoms with E-state index in [4.69, 9.17) is 4.74 Å². The molecule has 1 rings (SSSR count). The van der Waals surface area contributed by atoms with Crippen molar-refractivity contribution in [1.29, 1.82) is 0 Å². The van der Waals surface area contributed by atoms with Crippen LogP contribution in [0.3, 0.4) is 0 Å². The lowest BCUT2D eigenvalue weighted by Gasteiger charge is -2.07. The third-order valence-electron chi connectivity index (χ3n) is 2.05. The van der Waals surface area contributed by atoms with Crippen LogP contribution in [-0.4, -0.2) is 11.9 Å². The summed E-state index contributed by atoms with van der Waals surface area (Å²) < 4.78 is 4.74. The minimum Gasteiger partial charge on any atom is -0.389 e. The summed E-state index contributed by atoms with van der Waals surface area (Å²) in [5, 5.41) is 0.550. The van der Waals surface area contributed by atoms with Crippen molar-refractivity contribution in [3.63, 3.8) is 0 Å². The van der Waals surface area contributed by atoms with Gasteiger partial charge in [-0.25, -0.2) is 4.79 Å². The van der Waals surface area contributed by atoms with E-state index in [-0.39, 0.29) is 5.92 Å². The fourth-order valence-electron chi connectivity index (χ4n) is 1.10. The molecule has 0 spiro atoms. The lowest BCUT2D eigenvalue weighted by atomic mass is 10.1. The van der Waals surface area contributed by atoms with E-state index in [2.05, 4.69) is 15.9 Å². The third-order valence-corrected chi connectivity index (χ3v) is 2.65. The number of hydrogen-bond acceptors (Lipinski definition) is 3. The lowest BCUT2D eigenvalue weighted by Crippen LogP contribution is -2.18. The van der Waals surface area contributed by atoms with Gasteiger partial charge in [-0.1, -0.05) is 48.0 Å². The molecule has 0 aliphatic rings. The molecule has 86 valence electrons. The van der Waals surface area contributed by atoms with Gasteiger partial charge in [0.05, 0.1) is 11.5 Å². The van der Waals surface area contributed by atoms with Gasteiger partial charge in [0, 0.05) is 5.33 Å². The second-order valence-corrected chi connectivity index (χ2v) is 4.21. The molecule has 1 aromatic carbocycles. The van der Waals surface area contributed by atoms with Crippen LogP contribution in [0.2, 0.25) is 0 Å². The van der Waals surface area contributed by atoms with Gasteiger partial charge < -0.3 is 4.74 Å². The van der Waals surface area contributed by atoms with Crippen LogP contribution >= 0.6 is 15.9 Å². The molecule has 0 saturated carbocycles. The van der Waals surface area contributed by atoms with Crippen molar-refractivity contribution >= 4 is 27.9 Å². The Hall–Kier alpha value is -1.16. The molecule has 0 fully saturated rings. The van der Waals surface area contributed by atoms with E-state index in [1.54, 1.807) is 26.0 Å². The molecule has 4 heteroatoms. The fourth-order valence-corrected chi connectivity index (χ4v) is 1.59. The van der Waals surface area contributed by atoms with E-state index in [1.165, 1.54) is 0 Å². The maximum absolute atomic E-state index is 11.7. The van der Waals surface area contributed by atoms with Crippen LogP contribution in [0.1, 0.15) is 29.8 Å². The van der Waals surface area contributed by atoms with Crippen LogP contribution in [0.25, 0.3) is 0 Å². The first-order chi connectivity index (χ1) is 7.56. The van der Waals surface area contributed by atoms with Crippen molar-refractivity contribution in [2.75, 3.05) is 0 Å². The van der Waals surface area contributed by atoms with Crippen LogP contribution in [0, 0.1) is 5.92 Å². The van der Waals surface area contributed by atoms with Crippen LogP contribution in [0.4, 0.5) is 0 Å². The van der Waals surface area contributed by atoms with E-state index in [1.807, 2.05) is 12.1 Å². The molecule has 0 heterocycles.